The summed E-state index contributed by atoms with van der Waals surface area (Å²) in [5, 5.41) is 5.65. The minimum atomic E-state index is -3.46. The van der Waals surface area contributed by atoms with Crippen molar-refractivity contribution in [1.29, 1.82) is 0 Å². The molecule has 166 valence electrons. The smallest absolute Gasteiger partial charge is 0.256 e. The molecule has 0 aromatic heterocycles. The Morgan fingerprint density at radius 1 is 1.06 bits per heavy atom. The summed E-state index contributed by atoms with van der Waals surface area (Å²) in [6, 6.07) is 11.9. The highest BCUT2D eigenvalue weighted by atomic mass is 32.2. The molecule has 0 radical (unpaired) electrons. The fourth-order valence-electron chi connectivity index (χ4n) is 3.32. The lowest BCUT2D eigenvalue weighted by Gasteiger charge is -2.27. The number of morpholine rings is 1. The first kappa shape index (κ1) is 22.8. The largest absolute Gasteiger partial charge is 0.378 e. The Morgan fingerprint density at radius 3 is 2.45 bits per heavy atom. The third kappa shape index (κ3) is 5.83. The van der Waals surface area contributed by atoms with Gasteiger partial charge in [0.25, 0.3) is 5.91 Å². The quantitative estimate of drug-likeness (QED) is 0.677. The number of amides is 2. The zero-order chi connectivity index (χ0) is 22.4. The number of carbonyl (C=O) groups is 2. The molecule has 1 aliphatic heterocycles. The van der Waals surface area contributed by atoms with Crippen molar-refractivity contribution in [2.24, 2.45) is 0 Å². The molecule has 1 aliphatic rings. The first-order chi connectivity index (χ1) is 14.8. The van der Waals surface area contributed by atoms with Crippen molar-refractivity contribution in [3.63, 3.8) is 0 Å². The molecule has 0 bridgehead atoms. The molecule has 0 spiro atoms. The molecule has 2 aromatic carbocycles. The molecule has 3 rings (SSSR count). The van der Waals surface area contributed by atoms with E-state index in [0.717, 1.165) is 11.8 Å². The summed E-state index contributed by atoms with van der Waals surface area (Å²) in [7, 11) is -3.46. The second-order valence-corrected chi connectivity index (χ2v) is 9.29. The number of anilines is 2. The van der Waals surface area contributed by atoms with E-state index in [1.807, 2.05) is 13.0 Å². The van der Waals surface area contributed by atoms with E-state index in [9.17, 15) is 18.0 Å². The molecule has 0 saturated carbocycles. The number of carbonyl (C=O) groups excluding carboxylic acids is 2. The van der Waals surface area contributed by atoms with Crippen LogP contribution in [0.4, 0.5) is 11.4 Å². The van der Waals surface area contributed by atoms with Gasteiger partial charge in [0.15, 0.2) is 9.84 Å². The van der Waals surface area contributed by atoms with Gasteiger partial charge in [0.2, 0.25) is 5.91 Å². The normalized spacial score (nSPS) is 14.2. The average Bonchev–Trinajstić information content (AvgIpc) is 2.77. The third-order valence-corrected chi connectivity index (χ3v) is 6.16. The van der Waals surface area contributed by atoms with E-state index in [1.54, 1.807) is 41.3 Å². The first-order valence-corrected chi connectivity index (χ1v) is 12.0. The molecule has 2 N–H and O–H groups in total. The molecule has 8 nitrogen and oxygen atoms in total. The minimum Gasteiger partial charge on any atom is -0.378 e. The molecule has 1 fully saturated rings. The van der Waals surface area contributed by atoms with Gasteiger partial charge in [-0.15, -0.1) is 0 Å². The van der Waals surface area contributed by atoms with Gasteiger partial charge in [-0.2, -0.15) is 0 Å². The molecule has 1 saturated heterocycles. The van der Waals surface area contributed by atoms with Gasteiger partial charge >= 0.3 is 0 Å². The summed E-state index contributed by atoms with van der Waals surface area (Å²) in [5.74, 6) is -0.553. The third-order valence-electron chi connectivity index (χ3n) is 5.02. The van der Waals surface area contributed by atoms with Crippen molar-refractivity contribution in [1.82, 2.24) is 4.90 Å². The molecule has 0 atom stereocenters. The van der Waals surface area contributed by atoms with Crippen molar-refractivity contribution in [2.75, 3.05) is 49.7 Å². The van der Waals surface area contributed by atoms with Gasteiger partial charge in [0, 0.05) is 19.3 Å². The van der Waals surface area contributed by atoms with Crippen LogP contribution in [0.5, 0.6) is 0 Å². The van der Waals surface area contributed by atoms with Crippen molar-refractivity contribution in [3.8, 4) is 0 Å². The highest BCUT2D eigenvalue weighted by Gasteiger charge is 2.21. The van der Waals surface area contributed by atoms with E-state index >= 15 is 0 Å². The van der Waals surface area contributed by atoms with Gasteiger partial charge in [-0.05, 0) is 36.2 Å². The second kappa shape index (κ2) is 9.93. The molecule has 31 heavy (non-hydrogen) atoms. The van der Waals surface area contributed by atoms with Gasteiger partial charge in [-0.3, -0.25) is 9.59 Å². The Kier molecular flexibility index (Phi) is 7.29. The monoisotopic (exact) mass is 445 g/mol. The van der Waals surface area contributed by atoms with E-state index in [0.29, 0.717) is 49.7 Å². The predicted molar refractivity (Wildman–Crippen MR) is 119 cm³/mol. The maximum atomic E-state index is 12.8. The molecule has 2 amide bonds. The highest BCUT2D eigenvalue weighted by Crippen LogP contribution is 2.23. The molecule has 0 aliphatic carbocycles. The van der Waals surface area contributed by atoms with E-state index in [1.165, 1.54) is 0 Å². The van der Waals surface area contributed by atoms with Crippen LogP contribution in [0.2, 0.25) is 0 Å². The Bertz CT molecular complexity index is 1060. The summed E-state index contributed by atoms with van der Waals surface area (Å²) in [4.78, 5) is 27.2. The van der Waals surface area contributed by atoms with Crippen LogP contribution >= 0.6 is 0 Å². The van der Waals surface area contributed by atoms with E-state index in [2.05, 4.69) is 10.6 Å². The molecular formula is C22H27N3O5S. The Balaban J connectivity index is 1.71. The Hall–Kier alpha value is -2.91. The number of hydrogen-bond acceptors (Lipinski definition) is 6. The van der Waals surface area contributed by atoms with Crippen LogP contribution in [-0.4, -0.2) is 64.2 Å². The fourth-order valence-corrected chi connectivity index (χ4v) is 4.23. The summed E-state index contributed by atoms with van der Waals surface area (Å²) in [6.07, 6.45) is 1.84. The number of rotatable bonds is 7. The molecular weight excluding hydrogens is 418 g/mol. The van der Waals surface area contributed by atoms with Crippen molar-refractivity contribution in [2.45, 2.75) is 18.2 Å². The van der Waals surface area contributed by atoms with E-state index in [4.69, 9.17) is 4.74 Å². The van der Waals surface area contributed by atoms with Crippen LogP contribution < -0.4 is 10.6 Å². The zero-order valence-corrected chi connectivity index (χ0v) is 18.5. The lowest BCUT2D eigenvalue weighted by molar-refractivity contribution is -0.114. The van der Waals surface area contributed by atoms with Crippen molar-refractivity contribution >= 4 is 33.0 Å². The zero-order valence-electron chi connectivity index (χ0n) is 17.7. The van der Waals surface area contributed by atoms with Gasteiger partial charge in [-0.25, -0.2) is 8.42 Å². The predicted octanol–water partition coefficient (Wildman–Crippen LogP) is 2.18. The summed E-state index contributed by atoms with van der Waals surface area (Å²) in [5.41, 5.74) is 2.08. The number of ether oxygens (including phenoxy) is 1. The maximum Gasteiger partial charge on any atom is 0.256 e. The lowest BCUT2D eigenvalue weighted by atomic mass is 10.1. The summed E-state index contributed by atoms with van der Waals surface area (Å²) >= 11 is 0. The van der Waals surface area contributed by atoms with E-state index in [-0.39, 0.29) is 23.3 Å². The van der Waals surface area contributed by atoms with Crippen LogP contribution in [0, 0.1) is 0 Å². The van der Waals surface area contributed by atoms with Crippen LogP contribution in [0.25, 0.3) is 0 Å². The van der Waals surface area contributed by atoms with Crippen molar-refractivity contribution < 1.29 is 22.7 Å². The number of nitrogens with one attached hydrogen (secondary N) is 2. The molecule has 2 aromatic rings. The number of sulfone groups is 1. The maximum absolute atomic E-state index is 12.8. The Labute approximate surface area is 182 Å². The molecule has 1 heterocycles. The van der Waals surface area contributed by atoms with Crippen LogP contribution in [0.1, 0.15) is 22.8 Å². The average molecular weight is 446 g/mol. The highest BCUT2D eigenvalue weighted by molar-refractivity contribution is 7.90. The van der Waals surface area contributed by atoms with Crippen LogP contribution in [0.3, 0.4) is 0 Å². The SMILES string of the molecule is CCc1ccc(NCC(=O)Nc2ccccc2C(=O)N2CCOCC2)c(S(C)(=O)=O)c1. The number of hydrogen-bond donors (Lipinski definition) is 2. The standard InChI is InChI=1S/C22H27N3O5S/c1-3-16-8-9-19(20(14-16)31(2,28)29)23-15-21(26)24-18-7-5-4-6-17(18)22(27)25-10-12-30-13-11-25/h4-9,14,23H,3,10-13,15H2,1-2H3,(H,24,26). The minimum absolute atomic E-state index is 0.145. The molecule has 9 heteroatoms. The summed E-state index contributed by atoms with van der Waals surface area (Å²) < 4.78 is 29.6. The van der Waals surface area contributed by atoms with Gasteiger partial charge in [-0.1, -0.05) is 25.1 Å². The van der Waals surface area contributed by atoms with Gasteiger partial charge < -0.3 is 20.3 Å². The number of para-hydroxylation sites is 1. The van der Waals surface area contributed by atoms with Gasteiger partial charge in [0.05, 0.1) is 41.6 Å². The number of aryl methyl sites for hydroxylation is 1. The lowest BCUT2D eigenvalue weighted by Crippen LogP contribution is -2.41. The first-order valence-electron chi connectivity index (χ1n) is 10.1. The fraction of sp³-hybridized carbons (Fsp3) is 0.364. The number of benzene rings is 2. The number of nitrogens with zero attached hydrogens (tertiary/aromatic N) is 1. The van der Waals surface area contributed by atoms with Gasteiger partial charge in [0.1, 0.15) is 0 Å². The Morgan fingerprint density at radius 2 is 1.77 bits per heavy atom. The van der Waals surface area contributed by atoms with Crippen LogP contribution in [0.15, 0.2) is 47.4 Å². The summed E-state index contributed by atoms with van der Waals surface area (Å²) in [6.45, 7) is 3.79. The second-order valence-electron chi connectivity index (χ2n) is 7.31. The molecule has 0 unspecified atom stereocenters. The van der Waals surface area contributed by atoms with E-state index < -0.39 is 9.84 Å². The topological polar surface area (TPSA) is 105 Å². The van der Waals surface area contributed by atoms with Crippen molar-refractivity contribution in [3.05, 3.63) is 53.6 Å². The van der Waals surface area contributed by atoms with Crippen LogP contribution in [-0.2, 0) is 25.8 Å².